The lowest BCUT2D eigenvalue weighted by molar-refractivity contribution is 0.174. The molecular weight excluding hydrogens is 349 g/mol. The topological polar surface area (TPSA) is 53.7 Å². The van der Waals surface area contributed by atoms with E-state index in [1.54, 1.807) is 12.1 Å². The Morgan fingerprint density at radius 3 is 2.67 bits per heavy atom. The zero-order chi connectivity index (χ0) is 18.4. The van der Waals surface area contributed by atoms with Crippen molar-refractivity contribution in [1.82, 2.24) is 4.98 Å². The van der Waals surface area contributed by atoms with Gasteiger partial charge < -0.3 is 18.6 Å². The normalized spacial score (nSPS) is 12.5. The van der Waals surface area contributed by atoms with Crippen LogP contribution in [0.2, 0.25) is 0 Å². The van der Waals surface area contributed by atoms with Gasteiger partial charge >= 0.3 is 0 Å². The van der Waals surface area contributed by atoms with Crippen molar-refractivity contribution in [3.63, 3.8) is 0 Å². The fourth-order valence-corrected chi connectivity index (χ4v) is 3.17. The first-order valence-corrected chi connectivity index (χ1v) is 8.36. The SMILES string of the molecule is COc1cccc(F)c1-c1nc2ccc(-c3ccc4c(c3)OCO4)cc2o1. The number of oxazole rings is 1. The van der Waals surface area contributed by atoms with Crippen LogP contribution in [0.15, 0.2) is 59.0 Å². The fourth-order valence-electron chi connectivity index (χ4n) is 3.17. The first kappa shape index (κ1) is 15.7. The molecule has 0 amide bonds. The summed E-state index contributed by atoms with van der Waals surface area (Å²) in [5.41, 5.74) is 3.30. The minimum atomic E-state index is -0.447. The van der Waals surface area contributed by atoms with Crippen molar-refractivity contribution in [2.24, 2.45) is 0 Å². The lowest BCUT2D eigenvalue weighted by Crippen LogP contribution is -1.92. The van der Waals surface area contributed by atoms with E-state index in [2.05, 4.69) is 4.98 Å². The smallest absolute Gasteiger partial charge is 0.234 e. The van der Waals surface area contributed by atoms with E-state index in [1.807, 2.05) is 36.4 Å². The highest BCUT2D eigenvalue weighted by atomic mass is 19.1. The van der Waals surface area contributed by atoms with Crippen molar-refractivity contribution in [3.8, 4) is 39.8 Å². The maximum atomic E-state index is 14.3. The summed E-state index contributed by atoms with van der Waals surface area (Å²) in [7, 11) is 1.48. The second-order valence-corrected chi connectivity index (χ2v) is 6.09. The summed E-state index contributed by atoms with van der Waals surface area (Å²) in [4.78, 5) is 4.41. The average Bonchev–Trinajstić information content (AvgIpc) is 3.32. The van der Waals surface area contributed by atoms with Gasteiger partial charge in [0, 0.05) is 0 Å². The van der Waals surface area contributed by atoms with E-state index in [4.69, 9.17) is 18.6 Å². The lowest BCUT2D eigenvalue weighted by Gasteiger charge is -2.05. The molecule has 0 aliphatic carbocycles. The Morgan fingerprint density at radius 2 is 1.78 bits per heavy atom. The zero-order valence-corrected chi connectivity index (χ0v) is 14.4. The molecule has 1 aliphatic rings. The second kappa shape index (κ2) is 6.02. The van der Waals surface area contributed by atoms with Crippen molar-refractivity contribution >= 4 is 11.1 Å². The van der Waals surface area contributed by atoms with Gasteiger partial charge in [0.2, 0.25) is 12.7 Å². The quantitative estimate of drug-likeness (QED) is 0.510. The molecule has 5 rings (SSSR count). The predicted molar refractivity (Wildman–Crippen MR) is 97.5 cm³/mol. The number of halogens is 1. The summed E-state index contributed by atoms with van der Waals surface area (Å²) >= 11 is 0. The molecular formula is C21H14FNO4. The number of hydrogen-bond donors (Lipinski definition) is 0. The minimum Gasteiger partial charge on any atom is -0.496 e. The van der Waals surface area contributed by atoms with E-state index in [0.717, 1.165) is 16.9 Å². The minimum absolute atomic E-state index is 0.183. The number of hydrogen-bond acceptors (Lipinski definition) is 5. The molecule has 0 radical (unpaired) electrons. The summed E-state index contributed by atoms with van der Waals surface area (Å²) in [6.07, 6.45) is 0. The third kappa shape index (κ3) is 2.57. The maximum Gasteiger partial charge on any atom is 0.234 e. The molecule has 27 heavy (non-hydrogen) atoms. The molecule has 0 unspecified atom stereocenters. The number of rotatable bonds is 3. The van der Waals surface area contributed by atoms with Gasteiger partial charge in [0.15, 0.2) is 17.1 Å². The van der Waals surface area contributed by atoms with Crippen LogP contribution in [0.4, 0.5) is 4.39 Å². The molecule has 0 N–H and O–H groups in total. The molecule has 0 saturated carbocycles. The van der Waals surface area contributed by atoms with E-state index in [-0.39, 0.29) is 18.2 Å². The Kier molecular flexibility index (Phi) is 3.50. The molecule has 2 heterocycles. The first-order chi connectivity index (χ1) is 13.2. The average molecular weight is 363 g/mol. The number of ether oxygens (including phenoxy) is 3. The second-order valence-electron chi connectivity index (χ2n) is 6.09. The van der Waals surface area contributed by atoms with Crippen LogP contribution in [0.5, 0.6) is 17.2 Å². The van der Waals surface area contributed by atoms with E-state index < -0.39 is 5.82 Å². The van der Waals surface area contributed by atoms with Crippen LogP contribution in [0, 0.1) is 5.82 Å². The third-order valence-corrected chi connectivity index (χ3v) is 4.50. The molecule has 4 aromatic rings. The molecule has 0 saturated heterocycles. The molecule has 0 bridgehead atoms. The highest BCUT2D eigenvalue weighted by Gasteiger charge is 2.19. The van der Waals surface area contributed by atoms with Gasteiger partial charge in [-0.05, 0) is 47.5 Å². The van der Waals surface area contributed by atoms with Crippen molar-refractivity contribution < 1.29 is 23.0 Å². The van der Waals surface area contributed by atoms with Crippen LogP contribution in [0.3, 0.4) is 0 Å². The highest BCUT2D eigenvalue weighted by molar-refractivity contribution is 5.83. The zero-order valence-electron chi connectivity index (χ0n) is 14.4. The molecule has 5 nitrogen and oxygen atoms in total. The summed E-state index contributed by atoms with van der Waals surface area (Å²) in [5, 5.41) is 0. The highest BCUT2D eigenvalue weighted by Crippen LogP contribution is 2.38. The van der Waals surface area contributed by atoms with Crippen LogP contribution in [0.25, 0.3) is 33.7 Å². The standard InChI is InChI=1S/C21H14FNO4/c1-24-17-4-2-3-14(22)20(17)21-23-15-7-5-12(9-18(15)27-21)13-6-8-16-19(10-13)26-11-25-16/h2-10H,11H2,1H3. The van der Waals surface area contributed by atoms with E-state index in [9.17, 15) is 4.39 Å². The van der Waals surface area contributed by atoms with Gasteiger partial charge in [-0.15, -0.1) is 0 Å². The Hall–Kier alpha value is -3.54. The van der Waals surface area contributed by atoms with Crippen LogP contribution >= 0.6 is 0 Å². The summed E-state index contributed by atoms with van der Waals surface area (Å²) < 4.78 is 36.2. The van der Waals surface area contributed by atoms with E-state index in [1.165, 1.54) is 13.2 Å². The number of nitrogens with zero attached hydrogens (tertiary/aromatic N) is 1. The monoisotopic (exact) mass is 363 g/mol. The summed E-state index contributed by atoms with van der Waals surface area (Å²) in [6, 6.07) is 16.0. The molecule has 1 aliphatic heterocycles. The number of benzene rings is 3. The van der Waals surface area contributed by atoms with Crippen molar-refractivity contribution in [1.29, 1.82) is 0 Å². The van der Waals surface area contributed by atoms with Gasteiger partial charge in [-0.3, -0.25) is 0 Å². The van der Waals surface area contributed by atoms with E-state index >= 15 is 0 Å². The fraction of sp³-hybridized carbons (Fsp3) is 0.0952. The molecule has 0 atom stereocenters. The molecule has 134 valence electrons. The summed E-state index contributed by atoms with van der Waals surface area (Å²) in [5.74, 6) is 1.55. The summed E-state index contributed by atoms with van der Waals surface area (Å²) in [6.45, 7) is 0.230. The van der Waals surface area contributed by atoms with Gasteiger partial charge in [-0.25, -0.2) is 9.37 Å². The number of aromatic nitrogens is 1. The predicted octanol–water partition coefficient (Wildman–Crippen LogP) is 5.04. The van der Waals surface area contributed by atoms with Gasteiger partial charge in [0.05, 0.1) is 7.11 Å². The number of fused-ring (bicyclic) bond motifs is 2. The largest absolute Gasteiger partial charge is 0.496 e. The van der Waals surface area contributed by atoms with Crippen LogP contribution < -0.4 is 14.2 Å². The molecule has 1 aromatic heterocycles. The van der Waals surface area contributed by atoms with Crippen LogP contribution in [-0.4, -0.2) is 18.9 Å². The van der Waals surface area contributed by atoms with Gasteiger partial charge in [-0.2, -0.15) is 0 Å². The molecule has 3 aromatic carbocycles. The maximum absolute atomic E-state index is 14.3. The van der Waals surface area contributed by atoms with Crippen LogP contribution in [0.1, 0.15) is 0 Å². The Bertz CT molecular complexity index is 1170. The van der Waals surface area contributed by atoms with Gasteiger partial charge in [-0.1, -0.05) is 18.2 Å². The van der Waals surface area contributed by atoms with E-state index in [0.29, 0.717) is 22.6 Å². The van der Waals surface area contributed by atoms with Crippen molar-refractivity contribution in [2.75, 3.05) is 13.9 Å². The van der Waals surface area contributed by atoms with Gasteiger partial charge in [0.25, 0.3) is 0 Å². The molecule has 6 heteroatoms. The Labute approximate surface area is 153 Å². The van der Waals surface area contributed by atoms with Gasteiger partial charge in [0.1, 0.15) is 22.6 Å². The molecule has 0 fully saturated rings. The third-order valence-electron chi connectivity index (χ3n) is 4.50. The number of methoxy groups -OCH3 is 1. The van der Waals surface area contributed by atoms with Crippen molar-refractivity contribution in [2.45, 2.75) is 0 Å². The first-order valence-electron chi connectivity index (χ1n) is 8.36. The Morgan fingerprint density at radius 1 is 0.963 bits per heavy atom. The van der Waals surface area contributed by atoms with Crippen molar-refractivity contribution in [3.05, 3.63) is 60.4 Å². The lowest BCUT2D eigenvalue weighted by atomic mass is 10.0. The van der Waals surface area contributed by atoms with Crippen LogP contribution in [-0.2, 0) is 0 Å². The molecule has 0 spiro atoms. The Balaban J connectivity index is 1.60.